The van der Waals surface area contributed by atoms with Crippen molar-refractivity contribution >= 4 is 10.9 Å². The summed E-state index contributed by atoms with van der Waals surface area (Å²) in [5, 5.41) is -0.298. The molecule has 0 atom stereocenters. The minimum atomic E-state index is -4.77. The number of aryl methyl sites for hydroxylation is 1. The average molecular weight is 353 g/mol. The topological polar surface area (TPSA) is 31.2 Å². The van der Waals surface area contributed by atoms with E-state index in [9.17, 15) is 31.1 Å². The number of methoxy groups -OCH3 is 1. The van der Waals surface area contributed by atoms with E-state index in [2.05, 4.69) is 0 Å². The quantitative estimate of drug-likeness (QED) is 0.765. The Kier molecular flexibility index (Phi) is 4.82. The van der Waals surface area contributed by atoms with Crippen LogP contribution in [0.1, 0.15) is 18.4 Å². The Morgan fingerprint density at radius 1 is 1.12 bits per heavy atom. The number of ether oxygens (including phenoxy) is 1. The molecule has 1 aromatic carbocycles. The number of nitrogens with zero attached hydrogens (tertiary/aromatic N) is 1. The van der Waals surface area contributed by atoms with Crippen molar-refractivity contribution in [1.29, 1.82) is 0 Å². The Hall–Kier alpha value is -2.19. The molecule has 0 aliphatic rings. The van der Waals surface area contributed by atoms with Crippen molar-refractivity contribution in [2.75, 3.05) is 7.11 Å². The highest BCUT2D eigenvalue weighted by Gasteiger charge is 2.34. The minimum Gasteiger partial charge on any atom is -0.495 e. The Labute approximate surface area is 132 Å². The molecule has 9 heteroatoms. The molecule has 0 N–H and O–H groups in total. The van der Waals surface area contributed by atoms with E-state index in [-0.39, 0.29) is 23.2 Å². The van der Waals surface area contributed by atoms with Crippen LogP contribution < -0.4 is 10.3 Å². The number of fused-ring (bicyclic) bond motifs is 1. The van der Waals surface area contributed by atoms with Crippen LogP contribution in [-0.2, 0) is 12.7 Å². The van der Waals surface area contributed by atoms with Gasteiger partial charge in [0.1, 0.15) is 5.75 Å². The second kappa shape index (κ2) is 6.37. The van der Waals surface area contributed by atoms with E-state index in [1.165, 1.54) is 19.2 Å². The summed E-state index contributed by atoms with van der Waals surface area (Å²) in [6, 6.07) is 4.22. The van der Waals surface area contributed by atoms with Crippen molar-refractivity contribution in [3.05, 3.63) is 40.2 Å². The van der Waals surface area contributed by atoms with Gasteiger partial charge in [0.05, 0.1) is 18.2 Å². The van der Waals surface area contributed by atoms with Gasteiger partial charge in [-0.25, -0.2) is 0 Å². The fraction of sp³-hybridized carbons (Fsp3) is 0.400. The van der Waals surface area contributed by atoms with Crippen LogP contribution in [-0.4, -0.2) is 17.9 Å². The lowest BCUT2D eigenvalue weighted by molar-refractivity contribution is -0.136. The van der Waals surface area contributed by atoms with Crippen molar-refractivity contribution < 1.29 is 31.1 Å². The summed E-state index contributed by atoms with van der Waals surface area (Å²) in [6.45, 7) is -0.368. The molecule has 2 rings (SSSR count). The van der Waals surface area contributed by atoms with E-state index in [1.54, 1.807) is 0 Å². The maximum absolute atomic E-state index is 13.1. The molecule has 3 nitrogen and oxygen atoms in total. The van der Waals surface area contributed by atoms with Crippen molar-refractivity contribution in [3.8, 4) is 5.75 Å². The summed E-state index contributed by atoms with van der Waals surface area (Å²) in [5.41, 5.74) is -2.34. The lowest BCUT2D eigenvalue weighted by atomic mass is 10.1. The van der Waals surface area contributed by atoms with Crippen LogP contribution >= 0.6 is 0 Å². The zero-order valence-corrected chi connectivity index (χ0v) is 12.5. The van der Waals surface area contributed by atoms with Crippen LogP contribution in [0.4, 0.5) is 26.3 Å². The summed E-state index contributed by atoms with van der Waals surface area (Å²) in [5.74, 6) is -0.0114. The maximum Gasteiger partial charge on any atom is 0.417 e. The van der Waals surface area contributed by atoms with Gasteiger partial charge in [0.15, 0.2) is 0 Å². The molecule has 0 saturated carbocycles. The first-order valence-electron chi connectivity index (χ1n) is 6.89. The van der Waals surface area contributed by atoms with Gasteiger partial charge in [-0.05, 0) is 12.5 Å². The lowest BCUT2D eigenvalue weighted by Gasteiger charge is -2.17. The molecule has 2 aromatic rings. The number of hydrogen-bond acceptors (Lipinski definition) is 2. The number of pyridine rings is 1. The molecule has 0 unspecified atom stereocenters. The van der Waals surface area contributed by atoms with Gasteiger partial charge >= 0.3 is 12.4 Å². The third-order valence-electron chi connectivity index (χ3n) is 3.46. The number of alkyl halides is 6. The first-order valence-corrected chi connectivity index (χ1v) is 6.89. The Bertz CT molecular complexity index is 791. The van der Waals surface area contributed by atoms with Gasteiger partial charge in [0.2, 0.25) is 0 Å². The Morgan fingerprint density at radius 2 is 1.79 bits per heavy atom. The van der Waals surface area contributed by atoms with Crippen LogP contribution in [0.3, 0.4) is 0 Å². The molecule has 0 saturated heterocycles. The maximum atomic E-state index is 13.1. The van der Waals surface area contributed by atoms with E-state index in [4.69, 9.17) is 4.74 Å². The summed E-state index contributed by atoms with van der Waals surface area (Å²) in [4.78, 5) is 12.1. The van der Waals surface area contributed by atoms with E-state index in [1.807, 2.05) is 0 Å². The molecule has 0 fully saturated rings. The first-order chi connectivity index (χ1) is 11.0. The number of halogens is 6. The number of hydrogen-bond donors (Lipinski definition) is 0. The van der Waals surface area contributed by atoms with E-state index in [0.717, 1.165) is 10.6 Å². The molecule has 132 valence electrons. The lowest BCUT2D eigenvalue weighted by Crippen LogP contribution is -2.24. The smallest absolute Gasteiger partial charge is 0.417 e. The second-order valence-electron chi connectivity index (χ2n) is 5.12. The number of para-hydroxylation sites is 1. The zero-order chi connectivity index (χ0) is 18.1. The van der Waals surface area contributed by atoms with Gasteiger partial charge in [0, 0.05) is 24.4 Å². The second-order valence-corrected chi connectivity index (χ2v) is 5.12. The first kappa shape index (κ1) is 18.2. The van der Waals surface area contributed by atoms with Crippen molar-refractivity contribution in [2.24, 2.45) is 0 Å². The molecule has 0 spiro atoms. The zero-order valence-electron chi connectivity index (χ0n) is 12.5. The molecule has 0 amide bonds. The van der Waals surface area contributed by atoms with Gasteiger partial charge in [0.25, 0.3) is 5.56 Å². The molecule has 0 radical (unpaired) electrons. The third-order valence-corrected chi connectivity index (χ3v) is 3.46. The van der Waals surface area contributed by atoms with Gasteiger partial charge in [-0.15, -0.1) is 0 Å². The Balaban J connectivity index is 2.63. The highest BCUT2D eigenvalue weighted by Crippen LogP contribution is 2.36. The average Bonchev–Trinajstić information content (AvgIpc) is 2.46. The summed E-state index contributed by atoms with van der Waals surface area (Å²) in [6.07, 6.45) is -10.7. The number of benzene rings is 1. The highest BCUT2D eigenvalue weighted by molar-refractivity contribution is 5.88. The van der Waals surface area contributed by atoms with Crippen LogP contribution in [0.25, 0.3) is 10.9 Å². The van der Waals surface area contributed by atoms with Gasteiger partial charge in [-0.2, -0.15) is 26.3 Å². The van der Waals surface area contributed by atoms with Crippen LogP contribution in [0.15, 0.2) is 29.1 Å². The molecular formula is C15H13F6NO2. The number of rotatable bonds is 4. The minimum absolute atomic E-state index is 0.0114. The summed E-state index contributed by atoms with van der Waals surface area (Å²) < 4.78 is 82.1. The van der Waals surface area contributed by atoms with E-state index >= 15 is 0 Å². The van der Waals surface area contributed by atoms with Crippen molar-refractivity contribution in [3.63, 3.8) is 0 Å². The standard InChI is InChI=1S/C15H13F6NO2/c1-24-11-5-2-4-9-10(15(19,20)21)8-12(23)22(13(9)11)7-3-6-14(16,17)18/h2,4-5,8H,3,6-7H2,1H3. The monoisotopic (exact) mass is 353 g/mol. The molecule has 24 heavy (non-hydrogen) atoms. The summed E-state index contributed by atoms with van der Waals surface area (Å²) in [7, 11) is 1.21. The number of aromatic nitrogens is 1. The van der Waals surface area contributed by atoms with Crippen molar-refractivity contribution in [2.45, 2.75) is 31.7 Å². The third kappa shape index (κ3) is 3.82. The van der Waals surface area contributed by atoms with E-state index < -0.39 is 36.3 Å². The van der Waals surface area contributed by atoms with Crippen LogP contribution in [0, 0.1) is 0 Å². The fourth-order valence-electron chi connectivity index (χ4n) is 2.47. The van der Waals surface area contributed by atoms with Gasteiger partial charge in [-0.3, -0.25) is 4.79 Å². The Morgan fingerprint density at radius 3 is 2.33 bits per heavy atom. The predicted octanol–water partition coefficient (Wildman–Crippen LogP) is 4.37. The van der Waals surface area contributed by atoms with Gasteiger partial charge < -0.3 is 9.30 Å². The SMILES string of the molecule is COc1cccc2c(C(F)(F)F)cc(=O)n(CCCC(F)(F)F)c12. The predicted molar refractivity (Wildman–Crippen MR) is 75.1 cm³/mol. The molecule has 0 bridgehead atoms. The largest absolute Gasteiger partial charge is 0.495 e. The summed E-state index contributed by atoms with van der Waals surface area (Å²) >= 11 is 0. The molecule has 1 heterocycles. The van der Waals surface area contributed by atoms with Crippen LogP contribution in [0.5, 0.6) is 5.75 Å². The van der Waals surface area contributed by atoms with Crippen LogP contribution in [0.2, 0.25) is 0 Å². The molecule has 0 aliphatic carbocycles. The fourth-order valence-corrected chi connectivity index (χ4v) is 2.47. The highest BCUT2D eigenvalue weighted by atomic mass is 19.4. The molecular weight excluding hydrogens is 340 g/mol. The molecule has 0 aliphatic heterocycles. The van der Waals surface area contributed by atoms with Crippen molar-refractivity contribution in [1.82, 2.24) is 4.57 Å². The van der Waals surface area contributed by atoms with Gasteiger partial charge in [-0.1, -0.05) is 12.1 Å². The van der Waals surface area contributed by atoms with E-state index in [0.29, 0.717) is 6.07 Å². The normalized spacial score (nSPS) is 12.6. The molecule has 1 aromatic heterocycles.